The molecule has 6 nitrogen and oxygen atoms in total. The molecule has 0 saturated carbocycles. The van der Waals surface area contributed by atoms with Gasteiger partial charge in [0.1, 0.15) is 0 Å². The number of amides is 1. The molecule has 0 radical (unpaired) electrons. The Hall–Kier alpha value is -1.14. The van der Waals surface area contributed by atoms with E-state index in [2.05, 4.69) is 10.6 Å². The fourth-order valence-electron chi connectivity index (χ4n) is 1.38. The Labute approximate surface area is 87.7 Å². The van der Waals surface area contributed by atoms with Gasteiger partial charge in [-0.15, -0.1) is 0 Å². The number of aliphatic hydroxyl groups excluding tert-OH is 1. The summed E-state index contributed by atoms with van der Waals surface area (Å²) >= 11 is 0. The second kappa shape index (κ2) is 5.09. The minimum atomic E-state index is -1.22. The molecule has 0 aliphatic carbocycles. The third-order valence-electron chi connectivity index (χ3n) is 2.41. The van der Waals surface area contributed by atoms with Crippen LogP contribution in [0.2, 0.25) is 0 Å². The third-order valence-corrected chi connectivity index (χ3v) is 2.41. The standard InChI is InChI=1S/C9H16N2O4/c1-5(12)8(9(14)15)11-7(13)2-6-3-10-4-6/h5-6,8,10,12H,2-4H2,1H3,(H,11,13)(H,14,15)/t5-,8+/m1/s1. The molecule has 1 aliphatic heterocycles. The van der Waals surface area contributed by atoms with Crippen LogP contribution in [-0.2, 0) is 9.59 Å². The maximum atomic E-state index is 11.4. The van der Waals surface area contributed by atoms with Crippen molar-refractivity contribution in [1.82, 2.24) is 10.6 Å². The molecule has 15 heavy (non-hydrogen) atoms. The van der Waals surface area contributed by atoms with Crippen molar-refractivity contribution in [2.75, 3.05) is 13.1 Å². The molecule has 0 aromatic carbocycles. The summed E-state index contributed by atoms with van der Waals surface area (Å²) in [6, 6.07) is -1.22. The van der Waals surface area contributed by atoms with Gasteiger partial charge in [-0.25, -0.2) is 4.79 Å². The van der Waals surface area contributed by atoms with Crippen molar-refractivity contribution in [2.45, 2.75) is 25.5 Å². The number of aliphatic carboxylic acids is 1. The zero-order valence-corrected chi connectivity index (χ0v) is 8.56. The van der Waals surface area contributed by atoms with Gasteiger partial charge in [0.15, 0.2) is 6.04 Å². The first-order valence-electron chi connectivity index (χ1n) is 4.91. The number of hydrogen-bond donors (Lipinski definition) is 4. The minimum absolute atomic E-state index is 0.286. The second-order valence-corrected chi connectivity index (χ2v) is 3.85. The number of rotatable bonds is 5. The van der Waals surface area contributed by atoms with Gasteiger partial charge < -0.3 is 20.8 Å². The molecule has 2 atom stereocenters. The van der Waals surface area contributed by atoms with E-state index in [4.69, 9.17) is 10.2 Å². The molecule has 4 N–H and O–H groups in total. The molecular weight excluding hydrogens is 200 g/mol. The van der Waals surface area contributed by atoms with E-state index in [1.54, 1.807) is 0 Å². The van der Waals surface area contributed by atoms with Crippen LogP contribution in [-0.4, -0.2) is 47.3 Å². The molecule has 0 unspecified atom stereocenters. The summed E-state index contributed by atoms with van der Waals surface area (Å²) < 4.78 is 0. The van der Waals surface area contributed by atoms with E-state index >= 15 is 0 Å². The van der Waals surface area contributed by atoms with E-state index in [1.807, 2.05) is 0 Å². The predicted molar refractivity (Wildman–Crippen MR) is 52.2 cm³/mol. The molecular formula is C9H16N2O4. The lowest BCUT2D eigenvalue weighted by Crippen LogP contribution is -2.50. The first-order valence-corrected chi connectivity index (χ1v) is 4.91. The fourth-order valence-corrected chi connectivity index (χ4v) is 1.38. The van der Waals surface area contributed by atoms with Crippen molar-refractivity contribution in [3.63, 3.8) is 0 Å². The van der Waals surface area contributed by atoms with Gasteiger partial charge in [0.25, 0.3) is 0 Å². The number of nitrogens with one attached hydrogen (secondary N) is 2. The van der Waals surface area contributed by atoms with Crippen molar-refractivity contribution in [2.24, 2.45) is 5.92 Å². The highest BCUT2D eigenvalue weighted by molar-refractivity contribution is 5.84. The topological polar surface area (TPSA) is 98.7 Å². The Kier molecular flexibility index (Phi) is 4.05. The largest absolute Gasteiger partial charge is 0.480 e. The number of carbonyl (C=O) groups is 2. The summed E-state index contributed by atoms with van der Waals surface area (Å²) in [5, 5.41) is 23.2. The maximum Gasteiger partial charge on any atom is 0.328 e. The number of carbonyl (C=O) groups excluding carboxylic acids is 1. The number of carboxylic acid groups (broad SMARTS) is 1. The summed E-state index contributed by atoms with van der Waals surface area (Å²) in [4.78, 5) is 22.0. The smallest absolute Gasteiger partial charge is 0.328 e. The summed E-state index contributed by atoms with van der Waals surface area (Å²) in [5.74, 6) is -1.26. The Bertz CT molecular complexity index is 250. The Morgan fingerprint density at radius 3 is 2.47 bits per heavy atom. The third kappa shape index (κ3) is 3.49. The highest BCUT2D eigenvalue weighted by Crippen LogP contribution is 2.08. The monoisotopic (exact) mass is 216 g/mol. The van der Waals surface area contributed by atoms with Crippen molar-refractivity contribution in [3.8, 4) is 0 Å². The van der Waals surface area contributed by atoms with Crippen LogP contribution < -0.4 is 10.6 Å². The van der Waals surface area contributed by atoms with Gasteiger partial charge in [-0.3, -0.25) is 4.79 Å². The van der Waals surface area contributed by atoms with E-state index in [-0.39, 0.29) is 11.8 Å². The Balaban J connectivity index is 2.36. The van der Waals surface area contributed by atoms with E-state index in [1.165, 1.54) is 6.92 Å². The molecule has 86 valence electrons. The van der Waals surface area contributed by atoms with Gasteiger partial charge >= 0.3 is 5.97 Å². The van der Waals surface area contributed by atoms with Gasteiger partial charge in [-0.2, -0.15) is 0 Å². The highest BCUT2D eigenvalue weighted by atomic mass is 16.4. The summed E-state index contributed by atoms with van der Waals surface area (Å²) in [7, 11) is 0. The van der Waals surface area contributed by atoms with E-state index < -0.39 is 18.1 Å². The summed E-state index contributed by atoms with van der Waals surface area (Å²) in [6.07, 6.45) is -0.783. The predicted octanol–water partition coefficient (Wildman–Crippen LogP) is -1.45. The summed E-state index contributed by atoms with van der Waals surface area (Å²) in [5.41, 5.74) is 0. The molecule has 1 rings (SSSR count). The van der Waals surface area contributed by atoms with Crippen molar-refractivity contribution < 1.29 is 19.8 Å². The maximum absolute atomic E-state index is 11.4. The van der Waals surface area contributed by atoms with Crippen molar-refractivity contribution >= 4 is 11.9 Å². The average Bonchev–Trinajstić information content (AvgIpc) is 2.06. The van der Waals surface area contributed by atoms with E-state index in [9.17, 15) is 9.59 Å². The lowest BCUT2D eigenvalue weighted by atomic mass is 9.99. The van der Waals surface area contributed by atoms with Gasteiger partial charge in [0, 0.05) is 6.42 Å². The quantitative estimate of drug-likeness (QED) is 0.450. The molecule has 0 aromatic heterocycles. The van der Waals surface area contributed by atoms with Crippen LogP contribution in [0.4, 0.5) is 0 Å². The van der Waals surface area contributed by atoms with Crippen LogP contribution in [0.3, 0.4) is 0 Å². The molecule has 1 aliphatic rings. The highest BCUT2D eigenvalue weighted by Gasteiger charge is 2.27. The Morgan fingerprint density at radius 2 is 2.13 bits per heavy atom. The lowest BCUT2D eigenvalue weighted by molar-refractivity contribution is -0.145. The van der Waals surface area contributed by atoms with Crippen LogP contribution in [0.1, 0.15) is 13.3 Å². The van der Waals surface area contributed by atoms with Crippen LogP contribution in [0.5, 0.6) is 0 Å². The zero-order chi connectivity index (χ0) is 11.4. The van der Waals surface area contributed by atoms with Gasteiger partial charge in [0.2, 0.25) is 5.91 Å². The van der Waals surface area contributed by atoms with Crippen LogP contribution in [0, 0.1) is 5.92 Å². The molecule has 0 aromatic rings. The molecule has 1 fully saturated rings. The SMILES string of the molecule is C[C@@H](O)[C@H](NC(=O)CC1CNC1)C(=O)O. The summed E-state index contributed by atoms with van der Waals surface area (Å²) in [6.45, 7) is 2.92. The molecule has 1 saturated heterocycles. The van der Waals surface area contributed by atoms with Gasteiger partial charge in [-0.05, 0) is 25.9 Å². The average molecular weight is 216 g/mol. The second-order valence-electron chi connectivity index (χ2n) is 3.85. The molecule has 0 bridgehead atoms. The van der Waals surface area contributed by atoms with Crippen LogP contribution in [0.25, 0.3) is 0 Å². The van der Waals surface area contributed by atoms with Gasteiger partial charge in [-0.1, -0.05) is 0 Å². The van der Waals surface area contributed by atoms with Crippen LogP contribution in [0.15, 0.2) is 0 Å². The number of aliphatic hydroxyl groups is 1. The van der Waals surface area contributed by atoms with Crippen molar-refractivity contribution in [1.29, 1.82) is 0 Å². The number of hydrogen-bond acceptors (Lipinski definition) is 4. The lowest BCUT2D eigenvalue weighted by Gasteiger charge is -2.27. The van der Waals surface area contributed by atoms with E-state index in [0.717, 1.165) is 13.1 Å². The number of carboxylic acids is 1. The van der Waals surface area contributed by atoms with E-state index in [0.29, 0.717) is 6.42 Å². The normalized spacial score (nSPS) is 20.1. The first kappa shape index (κ1) is 11.9. The fraction of sp³-hybridized carbons (Fsp3) is 0.778. The first-order chi connectivity index (χ1) is 7.00. The molecule has 0 spiro atoms. The Morgan fingerprint density at radius 1 is 1.53 bits per heavy atom. The van der Waals surface area contributed by atoms with Gasteiger partial charge in [0.05, 0.1) is 6.10 Å². The zero-order valence-electron chi connectivity index (χ0n) is 8.56. The van der Waals surface area contributed by atoms with Crippen LogP contribution >= 0.6 is 0 Å². The molecule has 6 heteroatoms. The molecule has 1 amide bonds. The minimum Gasteiger partial charge on any atom is -0.480 e. The molecule has 1 heterocycles. The van der Waals surface area contributed by atoms with Crippen molar-refractivity contribution in [3.05, 3.63) is 0 Å².